The topological polar surface area (TPSA) is 102 Å². The van der Waals surface area contributed by atoms with Crippen LogP contribution in [0.2, 0.25) is 5.02 Å². The Kier molecular flexibility index (Phi) is 7.96. The molecule has 7 heteroatoms. The van der Waals surface area contributed by atoms with Crippen LogP contribution in [-0.2, 0) is 16.1 Å². The number of rotatable bonds is 3. The highest BCUT2D eigenvalue weighted by Gasteiger charge is 2.22. The third-order valence-electron chi connectivity index (χ3n) is 4.53. The summed E-state index contributed by atoms with van der Waals surface area (Å²) in [6.07, 6.45) is 2.20. The fourth-order valence-electron chi connectivity index (χ4n) is 3.21. The first kappa shape index (κ1) is 22.2. The van der Waals surface area contributed by atoms with Crippen LogP contribution in [0.4, 0.5) is 0 Å². The summed E-state index contributed by atoms with van der Waals surface area (Å²) in [5, 5.41) is 25.5. The van der Waals surface area contributed by atoms with Gasteiger partial charge in [0.25, 0.3) is 0 Å². The third kappa shape index (κ3) is 6.75. The van der Waals surface area contributed by atoms with Crippen molar-refractivity contribution in [2.24, 2.45) is 0 Å². The van der Waals surface area contributed by atoms with Crippen molar-refractivity contribution in [1.82, 2.24) is 4.90 Å². The Morgan fingerprint density at radius 2 is 1.76 bits per heavy atom. The number of hydrogen-bond donors (Lipinski definition) is 2. The smallest absolute Gasteiger partial charge is 0.328 e. The molecule has 0 saturated heterocycles. The molecule has 6 nitrogen and oxygen atoms in total. The minimum Gasteiger partial charge on any atom is -0.478 e. The lowest BCUT2D eigenvalue weighted by Gasteiger charge is -2.18. The molecule has 29 heavy (non-hydrogen) atoms. The second kappa shape index (κ2) is 10.4. The van der Waals surface area contributed by atoms with E-state index in [1.807, 2.05) is 24.3 Å². The van der Waals surface area contributed by atoms with Crippen LogP contribution in [0.5, 0.6) is 0 Å². The number of nitrogens with zero attached hydrogens (tertiary/aromatic N) is 2. The van der Waals surface area contributed by atoms with Crippen LogP contribution >= 0.6 is 11.6 Å². The third-order valence-corrected chi connectivity index (χ3v) is 4.78. The van der Waals surface area contributed by atoms with Gasteiger partial charge >= 0.3 is 11.9 Å². The van der Waals surface area contributed by atoms with E-state index in [1.165, 1.54) is 16.7 Å². The number of aliphatic carboxylic acids is 2. The van der Waals surface area contributed by atoms with Gasteiger partial charge in [0.05, 0.1) is 11.6 Å². The Morgan fingerprint density at radius 3 is 2.31 bits per heavy atom. The summed E-state index contributed by atoms with van der Waals surface area (Å²) in [4.78, 5) is 21.4. The van der Waals surface area contributed by atoms with Crippen LogP contribution in [-0.4, -0.2) is 40.6 Å². The molecule has 0 aromatic heterocycles. The van der Waals surface area contributed by atoms with E-state index in [0.29, 0.717) is 18.1 Å². The number of fused-ring (bicyclic) bond motifs is 1. The van der Waals surface area contributed by atoms with Gasteiger partial charge in [-0.15, -0.1) is 0 Å². The van der Waals surface area contributed by atoms with Gasteiger partial charge in [0.1, 0.15) is 0 Å². The first-order valence-electron chi connectivity index (χ1n) is 8.91. The Balaban J connectivity index is 0.000000321. The number of nitriles is 1. The van der Waals surface area contributed by atoms with E-state index in [-0.39, 0.29) is 0 Å². The van der Waals surface area contributed by atoms with Gasteiger partial charge in [-0.1, -0.05) is 29.8 Å². The number of hydrogen-bond acceptors (Lipinski definition) is 4. The molecule has 2 aromatic carbocycles. The molecule has 2 N–H and O–H groups in total. The van der Waals surface area contributed by atoms with Crippen LogP contribution in [0.15, 0.2) is 54.6 Å². The fraction of sp³-hybridized carbons (Fsp3) is 0.227. The average Bonchev–Trinajstić information content (AvgIpc) is 2.85. The molecule has 0 aliphatic carbocycles. The molecule has 1 aliphatic heterocycles. The lowest BCUT2D eigenvalue weighted by Crippen LogP contribution is -2.17. The highest BCUT2D eigenvalue weighted by Crippen LogP contribution is 2.34. The monoisotopic (exact) mass is 412 g/mol. The maximum atomic E-state index is 9.55. The summed E-state index contributed by atoms with van der Waals surface area (Å²) in [6, 6.07) is 16.4. The number of benzene rings is 2. The van der Waals surface area contributed by atoms with Crippen LogP contribution in [0, 0.1) is 11.3 Å². The molecule has 150 valence electrons. The summed E-state index contributed by atoms with van der Waals surface area (Å²) in [5.74, 6) is -2.14. The molecule has 0 radical (unpaired) electrons. The summed E-state index contributed by atoms with van der Waals surface area (Å²) in [5.41, 5.74) is 4.62. The molecule has 0 bridgehead atoms. The second-order valence-electron chi connectivity index (χ2n) is 6.67. The quantitative estimate of drug-likeness (QED) is 0.741. The molecule has 1 atom stereocenters. The molecule has 0 amide bonds. The zero-order valence-corrected chi connectivity index (χ0v) is 16.6. The van der Waals surface area contributed by atoms with Crippen molar-refractivity contribution in [3.05, 3.63) is 81.9 Å². The SMILES string of the molecule is CN1CCC(c2ccc(Cl)cc2)c2ccc(C#N)cc2C1.O=C(O)/C=C\C(=O)O. The normalized spacial score (nSPS) is 16.1. The van der Waals surface area contributed by atoms with Crippen LogP contribution in [0.3, 0.4) is 0 Å². The Bertz CT molecular complexity index is 932. The fourth-order valence-corrected chi connectivity index (χ4v) is 3.34. The molecule has 2 aromatic rings. The van der Waals surface area contributed by atoms with Crippen molar-refractivity contribution in [1.29, 1.82) is 5.26 Å². The molecule has 0 spiro atoms. The van der Waals surface area contributed by atoms with Gasteiger partial charge in [0.2, 0.25) is 0 Å². The van der Waals surface area contributed by atoms with Crippen molar-refractivity contribution in [3.63, 3.8) is 0 Å². The maximum Gasteiger partial charge on any atom is 0.328 e. The highest BCUT2D eigenvalue weighted by molar-refractivity contribution is 6.30. The number of carboxylic acids is 2. The van der Waals surface area contributed by atoms with E-state index in [1.54, 1.807) is 0 Å². The van der Waals surface area contributed by atoms with Gasteiger partial charge in [-0.3, -0.25) is 0 Å². The van der Waals surface area contributed by atoms with Gasteiger partial charge in [0, 0.05) is 29.6 Å². The van der Waals surface area contributed by atoms with E-state index < -0.39 is 11.9 Å². The minimum absolute atomic E-state index is 0.370. The number of halogens is 1. The zero-order chi connectivity index (χ0) is 21.4. The molecule has 3 rings (SSSR count). The number of carbonyl (C=O) groups is 2. The van der Waals surface area contributed by atoms with Crippen LogP contribution < -0.4 is 0 Å². The average molecular weight is 413 g/mol. The maximum absolute atomic E-state index is 9.55. The molecular weight excluding hydrogens is 392 g/mol. The molecule has 0 saturated carbocycles. The van der Waals surface area contributed by atoms with Crippen LogP contribution in [0.1, 0.15) is 34.6 Å². The second-order valence-corrected chi connectivity index (χ2v) is 7.10. The summed E-state index contributed by atoms with van der Waals surface area (Å²) in [6.45, 7) is 1.94. The van der Waals surface area contributed by atoms with Gasteiger partial charge in [-0.2, -0.15) is 5.26 Å². The predicted molar refractivity (Wildman–Crippen MR) is 110 cm³/mol. The van der Waals surface area contributed by atoms with E-state index >= 15 is 0 Å². The van der Waals surface area contributed by atoms with E-state index in [0.717, 1.165) is 30.1 Å². The lowest BCUT2D eigenvalue weighted by atomic mass is 9.86. The lowest BCUT2D eigenvalue weighted by molar-refractivity contribution is -0.134. The molecule has 1 aliphatic rings. The standard InChI is InChI=1S/C18H17ClN2.C4H4O4/c1-21-9-8-18(14-3-5-16(19)6-4-14)17-7-2-13(11-20)10-15(17)12-21;5-3(6)1-2-4(7)8/h2-7,10,18H,8-9,12H2,1H3;1-2H,(H,5,6)(H,7,8)/b;2-1-. The molecule has 1 unspecified atom stereocenters. The van der Waals surface area contributed by atoms with Gasteiger partial charge in [-0.05, 0) is 61.0 Å². The molecule has 1 heterocycles. The first-order chi connectivity index (χ1) is 13.8. The Morgan fingerprint density at radius 1 is 1.14 bits per heavy atom. The van der Waals surface area contributed by atoms with E-state index in [2.05, 4.69) is 36.2 Å². The Labute approximate surface area is 174 Å². The highest BCUT2D eigenvalue weighted by atomic mass is 35.5. The minimum atomic E-state index is -1.26. The largest absolute Gasteiger partial charge is 0.478 e. The van der Waals surface area contributed by atoms with Crippen molar-refractivity contribution < 1.29 is 19.8 Å². The van der Waals surface area contributed by atoms with Gasteiger partial charge < -0.3 is 15.1 Å². The first-order valence-corrected chi connectivity index (χ1v) is 9.28. The van der Waals surface area contributed by atoms with Crippen molar-refractivity contribution in [3.8, 4) is 6.07 Å². The molecule has 0 fully saturated rings. The van der Waals surface area contributed by atoms with Crippen molar-refractivity contribution in [2.45, 2.75) is 18.9 Å². The van der Waals surface area contributed by atoms with E-state index in [9.17, 15) is 9.59 Å². The van der Waals surface area contributed by atoms with E-state index in [4.69, 9.17) is 27.1 Å². The summed E-state index contributed by atoms with van der Waals surface area (Å²) >= 11 is 6.00. The summed E-state index contributed by atoms with van der Waals surface area (Å²) in [7, 11) is 2.13. The number of carboxylic acid groups (broad SMARTS) is 2. The summed E-state index contributed by atoms with van der Waals surface area (Å²) < 4.78 is 0. The van der Waals surface area contributed by atoms with Gasteiger partial charge in [0.15, 0.2) is 0 Å². The van der Waals surface area contributed by atoms with Gasteiger partial charge in [-0.25, -0.2) is 9.59 Å². The zero-order valence-electron chi connectivity index (χ0n) is 15.9. The van der Waals surface area contributed by atoms with Crippen molar-refractivity contribution >= 4 is 23.5 Å². The van der Waals surface area contributed by atoms with Crippen LogP contribution in [0.25, 0.3) is 0 Å². The Hall–Kier alpha value is -3.14. The molecular formula is C22H21ClN2O4. The van der Waals surface area contributed by atoms with Crippen molar-refractivity contribution in [2.75, 3.05) is 13.6 Å². The predicted octanol–water partition coefficient (Wildman–Crippen LogP) is 3.89.